The van der Waals surface area contributed by atoms with E-state index in [-0.39, 0.29) is 0 Å². The van der Waals surface area contributed by atoms with Crippen molar-refractivity contribution in [1.82, 2.24) is 0 Å². The minimum atomic E-state index is -0.460. The quantitative estimate of drug-likeness (QED) is 0.545. The van der Waals surface area contributed by atoms with E-state index in [1.165, 1.54) is 22.3 Å². The lowest BCUT2D eigenvalue weighted by Gasteiger charge is -2.53. The van der Waals surface area contributed by atoms with Crippen molar-refractivity contribution in [2.75, 3.05) is 14.2 Å². The van der Waals surface area contributed by atoms with Gasteiger partial charge in [-0.1, -0.05) is 88.1 Å². The first-order chi connectivity index (χ1) is 12.7. The summed E-state index contributed by atoms with van der Waals surface area (Å²) in [5.74, 6) is 0. The van der Waals surface area contributed by atoms with Crippen LogP contribution in [0.4, 0.5) is 0 Å². The van der Waals surface area contributed by atoms with E-state index in [0.29, 0.717) is 0 Å². The summed E-state index contributed by atoms with van der Waals surface area (Å²) in [4.78, 5) is 0. The summed E-state index contributed by atoms with van der Waals surface area (Å²) in [5, 5.41) is 0. The molecule has 0 bridgehead atoms. The number of methoxy groups -OCH3 is 2. The Balaban J connectivity index is 2.34. The highest BCUT2D eigenvalue weighted by Gasteiger charge is 2.57. The Bertz CT molecular complexity index is 675. The molecule has 2 atom stereocenters. The van der Waals surface area contributed by atoms with Crippen LogP contribution in [-0.2, 0) is 20.7 Å². The molecule has 0 spiro atoms. The maximum atomic E-state index is 6.44. The average Bonchev–Trinajstić information content (AvgIpc) is 2.71. The van der Waals surface area contributed by atoms with E-state index >= 15 is 0 Å². The highest BCUT2D eigenvalue weighted by atomic mass is 16.5. The van der Waals surface area contributed by atoms with E-state index in [4.69, 9.17) is 9.47 Å². The zero-order valence-electron chi connectivity index (χ0n) is 16.7. The van der Waals surface area contributed by atoms with Gasteiger partial charge in [-0.25, -0.2) is 0 Å². The lowest BCUT2D eigenvalue weighted by atomic mass is 9.61. The lowest BCUT2D eigenvalue weighted by Crippen LogP contribution is -2.54. The molecule has 140 valence electrons. The van der Waals surface area contributed by atoms with Gasteiger partial charge in [0.15, 0.2) is 0 Å². The van der Waals surface area contributed by atoms with Crippen LogP contribution in [0.1, 0.15) is 63.5 Å². The zero-order chi connectivity index (χ0) is 18.6. The summed E-state index contributed by atoms with van der Waals surface area (Å²) in [6, 6.07) is 17.5. The van der Waals surface area contributed by atoms with Crippen LogP contribution in [0.5, 0.6) is 0 Å². The molecule has 0 saturated carbocycles. The number of hydrogen-bond donors (Lipinski definition) is 0. The maximum Gasteiger partial charge on any atom is 0.126 e. The van der Waals surface area contributed by atoms with Gasteiger partial charge >= 0.3 is 0 Å². The van der Waals surface area contributed by atoms with Crippen molar-refractivity contribution in [3.05, 3.63) is 59.7 Å². The Labute approximate surface area is 158 Å². The second-order valence-corrected chi connectivity index (χ2v) is 7.36. The van der Waals surface area contributed by atoms with Crippen molar-refractivity contribution in [3.8, 4) is 11.1 Å². The first-order valence-corrected chi connectivity index (χ1v) is 10.0. The van der Waals surface area contributed by atoms with Crippen LogP contribution < -0.4 is 0 Å². The molecule has 0 aromatic heterocycles. The van der Waals surface area contributed by atoms with Crippen LogP contribution in [0.3, 0.4) is 0 Å². The Morgan fingerprint density at radius 3 is 1.38 bits per heavy atom. The number of rotatable bonds is 8. The highest BCUT2D eigenvalue weighted by Crippen LogP contribution is 2.59. The monoisotopic (exact) mass is 352 g/mol. The van der Waals surface area contributed by atoms with Gasteiger partial charge in [0, 0.05) is 14.2 Å². The predicted octanol–water partition coefficient (Wildman–Crippen LogP) is 6.43. The molecule has 0 N–H and O–H groups in total. The van der Waals surface area contributed by atoms with E-state index < -0.39 is 11.2 Å². The standard InChI is InChI=1S/C24H32O2/c1-5-7-17-23(25-3)21-15-11-9-13-19(21)20-14-10-12-16-22(20)24(23,26-4)18-8-6-2/h9-16H,5-8,17-18H2,1-4H3. The van der Waals surface area contributed by atoms with Crippen LogP contribution in [0.25, 0.3) is 11.1 Å². The normalized spacial score (nSPS) is 24.2. The molecular weight excluding hydrogens is 320 g/mol. The molecule has 0 amide bonds. The predicted molar refractivity (Wildman–Crippen MR) is 108 cm³/mol. The van der Waals surface area contributed by atoms with Crippen LogP contribution in [0, 0.1) is 0 Å². The second-order valence-electron chi connectivity index (χ2n) is 7.36. The van der Waals surface area contributed by atoms with Gasteiger partial charge in [-0.3, -0.25) is 0 Å². The summed E-state index contributed by atoms with van der Waals surface area (Å²) in [5.41, 5.74) is 4.19. The minimum Gasteiger partial charge on any atom is -0.370 e. The third-order valence-electron chi connectivity index (χ3n) is 6.13. The molecule has 0 saturated heterocycles. The second kappa shape index (κ2) is 7.94. The molecular formula is C24H32O2. The van der Waals surface area contributed by atoms with Gasteiger partial charge in [-0.15, -0.1) is 0 Å². The summed E-state index contributed by atoms with van der Waals surface area (Å²) >= 11 is 0. The van der Waals surface area contributed by atoms with Crippen molar-refractivity contribution in [2.24, 2.45) is 0 Å². The Kier molecular flexibility index (Phi) is 5.84. The fourth-order valence-electron chi connectivity index (χ4n) is 4.85. The van der Waals surface area contributed by atoms with Gasteiger partial charge in [-0.2, -0.15) is 0 Å². The molecule has 2 nitrogen and oxygen atoms in total. The Morgan fingerprint density at radius 2 is 1.04 bits per heavy atom. The minimum absolute atomic E-state index is 0.460. The molecule has 1 aliphatic rings. The molecule has 0 radical (unpaired) electrons. The van der Waals surface area contributed by atoms with Crippen molar-refractivity contribution in [2.45, 2.75) is 63.6 Å². The number of unbranched alkanes of at least 4 members (excludes halogenated alkanes) is 2. The molecule has 0 aliphatic heterocycles. The van der Waals surface area contributed by atoms with Crippen LogP contribution in [0.15, 0.2) is 48.5 Å². The zero-order valence-corrected chi connectivity index (χ0v) is 16.7. The van der Waals surface area contributed by atoms with Crippen molar-refractivity contribution >= 4 is 0 Å². The molecule has 2 aromatic carbocycles. The Morgan fingerprint density at radius 1 is 0.654 bits per heavy atom. The van der Waals surface area contributed by atoms with Gasteiger partial charge in [0.05, 0.1) is 0 Å². The van der Waals surface area contributed by atoms with E-state index in [1.54, 1.807) is 0 Å². The number of ether oxygens (including phenoxy) is 2. The van der Waals surface area contributed by atoms with E-state index in [2.05, 4.69) is 62.4 Å². The number of hydrogen-bond acceptors (Lipinski definition) is 2. The van der Waals surface area contributed by atoms with E-state index in [0.717, 1.165) is 38.5 Å². The van der Waals surface area contributed by atoms with Crippen molar-refractivity contribution in [1.29, 1.82) is 0 Å². The van der Waals surface area contributed by atoms with Crippen LogP contribution in [-0.4, -0.2) is 14.2 Å². The van der Waals surface area contributed by atoms with Gasteiger partial charge in [0.1, 0.15) is 11.2 Å². The Hall–Kier alpha value is -1.64. The molecule has 2 aromatic rings. The summed E-state index contributed by atoms with van der Waals surface area (Å²) in [6.07, 6.45) is 6.43. The van der Waals surface area contributed by atoms with Gasteiger partial charge in [0.25, 0.3) is 0 Å². The van der Waals surface area contributed by atoms with Crippen LogP contribution >= 0.6 is 0 Å². The van der Waals surface area contributed by atoms with Gasteiger partial charge in [-0.05, 0) is 35.1 Å². The summed E-state index contributed by atoms with van der Waals surface area (Å²) < 4.78 is 12.9. The molecule has 0 fully saturated rings. The van der Waals surface area contributed by atoms with E-state index in [9.17, 15) is 0 Å². The molecule has 0 heterocycles. The van der Waals surface area contributed by atoms with Crippen LogP contribution in [0.2, 0.25) is 0 Å². The molecule has 3 rings (SSSR count). The van der Waals surface area contributed by atoms with Crippen molar-refractivity contribution in [3.63, 3.8) is 0 Å². The third kappa shape index (κ3) is 2.71. The molecule has 2 unspecified atom stereocenters. The summed E-state index contributed by atoms with van der Waals surface area (Å²) in [7, 11) is 3.72. The SMILES string of the molecule is CCCCC1(OC)c2ccccc2-c2ccccc2C1(CCCC)OC. The van der Waals surface area contributed by atoms with Gasteiger partial charge in [0.2, 0.25) is 0 Å². The molecule has 2 heteroatoms. The fourth-order valence-corrected chi connectivity index (χ4v) is 4.85. The maximum absolute atomic E-state index is 6.44. The number of fused-ring (bicyclic) bond motifs is 3. The lowest BCUT2D eigenvalue weighted by molar-refractivity contribution is -0.209. The number of benzene rings is 2. The molecule has 1 aliphatic carbocycles. The van der Waals surface area contributed by atoms with E-state index in [1.807, 2.05) is 14.2 Å². The molecule has 26 heavy (non-hydrogen) atoms. The highest BCUT2D eigenvalue weighted by molar-refractivity contribution is 5.76. The summed E-state index contributed by atoms with van der Waals surface area (Å²) in [6.45, 7) is 4.49. The fraction of sp³-hybridized carbons (Fsp3) is 0.500. The largest absolute Gasteiger partial charge is 0.370 e. The van der Waals surface area contributed by atoms with Gasteiger partial charge < -0.3 is 9.47 Å². The van der Waals surface area contributed by atoms with Crippen molar-refractivity contribution < 1.29 is 9.47 Å². The first-order valence-electron chi connectivity index (χ1n) is 10.0. The third-order valence-corrected chi connectivity index (χ3v) is 6.13. The topological polar surface area (TPSA) is 18.5 Å². The smallest absolute Gasteiger partial charge is 0.126 e. The average molecular weight is 353 g/mol. The first kappa shape index (κ1) is 19.1.